The fourth-order valence-corrected chi connectivity index (χ4v) is 4.17. The second kappa shape index (κ2) is 11.8. The number of nitrogens with zero attached hydrogens (tertiary/aromatic N) is 1. The first-order chi connectivity index (χ1) is 17.1. The lowest BCUT2D eigenvalue weighted by Gasteiger charge is -2.29. The normalized spacial score (nSPS) is 17.6. The van der Waals surface area contributed by atoms with Crippen LogP contribution in [0.5, 0.6) is 0 Å². The van der Waals surface area contributed by atoms with Gasteiger partial charge in [0.1, 0.15) is 0 Å². The lowest BCUT2D eigenvalue weighted by atomic mass is 9.92. The summed E-state index contributed by atoms with van der Waals surface area (Å²) in [4.78, 5) is 25.3. The highest BCUT2D eigenvalue weighted by molar-refractivity contribution is 5.95. The van der Waals surface area contributed by atoms with Gasteiger partial charge in [0.05, 0.1) is 31.9 Å². The standard InChI is InChI=1S/C27H30N2O6/c1-19(31)29-18-23(22-9-5-6-10-24(22)29)21-15-25(27(32)28-17-20-7-3-2-4-8-20)35-26(16-21)34-14-13-33-12-11-30/h2-10,15,18,21,26,30H,11-14,16-17H2,1H3,(H,28,32). The number of para-hydroxylation sites is 1. The number of ether oxygens (including phenoxy) is 3. The van der Waals surface area contributed by atoms with Crippen molar-refractivity contribution in [1.82, 2.24) is 9.88 Å². The molecule has 1 aliphatic heterocycles. The van der Waals surface area contributed by atoms with Crippen molar-refractivity contribution in [1.29, 1.82) is 0 Å². The number of aromatic nitrogens is 1. The number of carbonyl (C=O) groups excluding carboxylic acids is 2. The van der Waals surface area contributed by atoms with E-state index in [0.29, 0.717) is 19.6 Å². The molecule has 184 valence electrons. The summed E-state index contributed by atoms with van der Waals surface area (Å²) in [6, 6.07) is 17.3. The molecule has 2 unspecified atom stereocenters. The molecule has 0 saturated heterocycles. The Bertz CT molecular complexity index is 1190. The number of fused-ring (bicyclic) bond motifs is 1. The van der Waals surface area contributed by atoms with Crippen LogP contribution in [0.15, 0.2) is 72.6 Å². The SMILES string of the molecule is CC(=O)n1cc(C2C=C(C(=O)NCc3ccccc3)OC(OCCOCCO)C2)c2ccccc21. The van der Waals surface area contributed by atoms with E-state index in [2.05, 4.69) is 5.32 Å². The molecule has 0 spiro atoms. The third-order valence-electron chi connectivity index (χ3n) is 5.83. The number of carbonyl (C=O) groups is 2. The van der Waals surface area contributed by atoms with Crippen molar-refractivity contribution in [3.63, 3.8) is 0 Å². The average molecular weight is 479 g/mol. The van der Waals surface area contributed by atoms with Crippen LogP contribution in [0.2, 0.25) is 0 Å². The second-order valence-electron chi connectivity index (χ2n) is 8.29. The third kappa shape index (κ3) is 6.16. The number of rotatable bonds is 10. The molecule has 35 heavy (non-hydrogen) atoms. The lowest BCUT2D eigenvalue weighted by Crippen LogP contribution is -2.33. The maximum atomic E-state index is 13.0. The number of amides is 1. The maximum absolute atomic E-state index is 13.0. The Morgan fingerprint density at radius 3 is 2.63 bits per heavy atom. The Morgan fingerprint density at radius 2 is 1.86 bits per heavy atom. The van der Waals surface area contributed by atoms with E-state index in [1.54, 1.807) is 10.6 Å². The van der Waals surface area contributed by atoms with E-state index >= 15 is 0 Å². The molecule has 2 N–H and O–H groups in total. The van der Waals surface area contributed by atoms with Crippen molar-refractivity contribution in [3.05, 3.63) is 83.8 Å². The largest absolute Gasteiger partial charge is 0.459 e. The molecule has 1 amide bonds. The average Bonchev–Trinajstić information content (AvgIpc) is 3.28. The molecule has 2 aromatic carbocycles. The van der Waals surface area contributed by atoms with Gasteiger partial charge < -0.3 is 24.6 Å². The van der Waals surface area contributed by atoms with Crippen LogP contribution >= 0.6 is 0 Å². The molecule has 3 aromatic rings. The van der Waals surface area contributed by atoms with Crippen LogP contribution in [0, 0.1) is 0 Å². The molecule has 4 rings (SSSR count). The van der Waals surface area contributed by atoms with E-state index in [4.69, 9.17) is 19.3 Å². The van der Waals surface area contributed by atoms with Gasteiger partial charge >= 0.3 is 0 Å². The molecular weight excluding hydrogens is 448 g/mol. The fourth-order valence-electron chi connectivity index (χ4n) is 4.17. The molecule has 2 atom stereocenters. The molecule has 0 aliphatic carbocycles. The number of nitrogens with one attached hydrogen (secondary N) is 1. The van der Waals surface area contributed by atoms with E-state index in [0.717, 1.165) is 22.0 Å². The van der Waals surface area contributed by atoms with Gasteiger partial charge in [-0.3, -0.25) is 14.2 Å². The number of allylic oxidation sites excluding steroid dienone is 1. The number of hydrogen-bond donors (Lipinski definition) is 2. The van der Waals surface area contributed by atoms with Crippen molar-refractivity contribution in [2.75, 3.05) is 26.4 Å². The van der Waals surface area contributed by atoms with Crippen LogP contribution in [-0.2, 0) is 25.5 Å². The van der Waals surface area contributed by atoms with E-state index < -0.39 is 6.29 Å². The zero-order chi connectivity index (χ0) is 24.6. The van der Waals surface area contributed by atoms with Crippen LogP contribution in [-0.4, -0.2) is 54.2 Å². The summed E-state index contributed by atoms with van der Waals surface area (Å²) >= 11 is 0. The fraction of sp³-hybridized carbons (Fsp3) is 0.333. The second-order valence-corrected chi connectivity index (χ2v) is 8.29. The van der Waals surface area contributed by atoms with Crippen molar-refractivity contribution in [2.24, 2.45) is 0 Å². The van der Waals surface area contributed by atoms with Gasteiger partial charge in [-0.15, -0.1) is 0 Å². The first kappa shape index (κ1) is 24.7. The summed E-state index contributed by atoms with van der Waals surface area (Å²) in [6.07, 6.45) is 3.44. The van der Waals surface area contributed by atoms with E-state index in [1.165, 1.54) is 6.92 Å². The Hall–Kier alpha value is -3.46. The summed E-state index contributed by atoms with van der Waals surface area (Å²) in [5, 5.41) is 12.7. The van der Waals surface area contributed by atoms with Crippen LogP contribution in [0.4, 0.5) is 0 Å². The van der Waals surface area contributed by atoms with E-state index in [-0.39, 0.29) is 43.3 Å². The Morgan fingerprint density at radius 1 is 1.09 bits per heavy atom. The van der Waals surface area contributed by atoms with Crippen LogP contribution in [0.3, 0.4) is 0 Å². The maximum Gasteiger partial charge on any atom is 0.286 e. The first-order valence-electron chi connectivity index (χ1n) is 11.7. The molecule has 0 radical (unpaired) electrons. The number of benzene rings is 2. The zero-order valence-corrected chi connectivity index (χ0v) is 19.7. The van der Waals surface area contributed by atoms with Gasteiger partial charge in [0.25, 0.3) is 5.91 Å². The van der Waals surface area contributed by atoms with Gasteiger partial charge in [-0.25, -0.2) is 0 Å². The molecule has 0 fully saturated rings. The molecule has 2 heterocycles. The molecule has 1 aromatic heterocycles. The minimum atomic E-state index is -0.667. The van der Waals surface area contributed by atoms with E-state index in [1.807, 2.05) is 60.8 Å². The Balaban J connectivity index is 1.57. The predicted molar refractivity (Wildman–Crippen MR) is 131 cm³/mol. The highest BCUT2D eigenvalue weighted by Crippen LogP contribution is 2.36. The van der Waals surface area contributed by atoms with Gasteiger partial charge in [-0.2, -0.15) is 0 Å². The molecule has 0 saturated carbocycles. The minimum absolute atomic E-state index is 0.0588. The quantitative estimate of drug-likeness (QED) is 0.434. The van der Waals surface area contributed by atoms with Crippen molar-refractivity contribution < 1.29 is 28.9 Å². The van der Waals surface area contributed by atoms with Crippen LogP contribution in [0.1, 0.15) is 35.2 Å². The van der Waals surface area contributed by atoms with Crippen molar-refractivity contribution >= 4 is 22.7 Å². The third-order valence-corrected chi connectivity index (χ3v) is 5.83. The molecular formula is C27H30N2O6. The zero-order valence-electron chi connectivity index (χ0n) is 19.7. The topological polar surface area (TPSA) is 99.0 Å². The van der Waals surface area contributed by atoms with Gasteiger partial charge in [0.15, 0.2) is 5.76 Å². The lowest BCUT2D eigenvalue weighted by molar-refractivity contribution is -0.151. The Kier molecular flexibility index (Phi) is 8.31. The molecule has 1 aliphatic rings. The molecule has 0 bridgehead atoms. The van der Waals surface area contributed by atoms with E-state index in [9.17, 15) is 9.59 Å². The summed E-state index contributed by atoms with van der Waals surface area (Å²) in [7, 11) is 0. The monoisotopic (exact) mass is 478 g/mol. The Labute approximate surface area is 204 Å². The summed E-state index contributed by atoms with van der Waals surface area (Å²) < 4.78 is 18.7. The van der Waals surface area contributed by atoms with Crippen molar-refractivity contribution in [3.8, 4) is 0 Å². The smallest absolute Gasteiger partial charge is 0.286 e. The summed E-state index contributed by atoms with van der Waals surface area (Å²) in [5.41, 5.74) is 2.73. The highest BCUT2D eigenvalue weighted by atomic mass is 16.7. The van der Waals surface area contributed by atoms with Crippen LogP contribution < -0.4 is 5.32 Å². The van der Waals surface area contributed by atoms with Gasteiger partial charge in [-0.1, -0.05) is 48.5 Å². The highest BCUT2D eigenvalue weighted by Gasteiger charge is 2.30. The minimum Gasteiger partial charge on any atom is -0.459 e. The van der Waals surface area contributed by atoms with Gasteiger partial charge in [-0.05, 0) is 23.3 Å². The molecule has 8 heteroatoms. The molecule has 8 nitrogen and oxygen atoms in total. The van der Waals surface area contributed by atoms with Crippen molar-refractivity contribution in [2.45, 2.75) is 32.1 Å². The summed E-state index contributed by atoms with van der Waals surface area (Å²) in [5.74, 6) is -0.440. The van der Waals surface area contributed by atoms with Gasteiger partial charge in [0.2, 0.25) is 12.2 Å². The first-order valence-corrected chi connectivity index (χ1v) is 11.7. The number of aliphatic hydroxyl groups is 1. The van der Waals surface area contributed by atoms with Gasteiger partial charge in [0, 0.05) is 37.4 Å². The number of hydrogen-bond acceptors (Lipinski definition) is 6. The summed E-state index contributed by atoms with van der Waals surface area (Å²) in [6.45, 7) is 2.62. The number of aliphatic hydroxyl groups excluding tert-OH is 1. The van der Waals surface area contributed by atoms with Crippen LogP contribution in [0.25, 0.3) is 10.9 Å². The predicted octanol–water partition coefficient (Wildman–Crippen LogP) is 3.36.